The molecule has 35 heavy (non-hydrogen) atoms. The summed E-state index contributed by atoms with van der Waals surface area (Å²) >= 11 is 0. The van der Waals surface area contributed by atoms with Crippen LogP contribution in [0.15, 0.2) is 54.6 Å². The maximum absolute atomic E-state index is 12.6. The molecule has 0 spiro atoms. The minimum absolute atomic E-state index is 0.0484. The van der Waals surface area contributed by atoms with Crippen molar-refractivity contribution in [3.05, 3.63) is 60.2 Å². The second kappa shape index (κ2) is 12.3. The molecule has 6 nitrogen and oxygen atoms in total. The molecule has 3 aromatic rings. The fourth-order valence-corrected chi connectivity index (χ4v) is 4.48. The quantitative estimate of drug-likeness (QED) is 0.217. The highest BCUT2D eigenvalue weighted by Crippen LogP contribution is 2.24. The van der Waals surface area contributed by atoms with Gasteiger partial charge in [-0.1, -0.05) is 51.2 Å². The number of nitrogens with zero attached hydrogens (tertiary/aromatic N) is 1. The molecule has 0 fully saturated rings. The van der Waals surface area contributed by atoms with Crippen LogP contribution in [0.1, 0.15) is 75.1 Å². The van der Waals surface area contributed by atoms with Crippen LogP contribution in [0.25, 0.3) is 22.4 Å². The highest BCUT2D eigenvalue weighted by atomic mass is 16.2. The number of aromatic amines is 1. The second-order valence-electron chi connectivity index (χ2n) is 9.39. The average molecular weight is 473 g/mol. The second-order valence-corrected chi connectivity index (χ2v) is 9.39. The molecule has 0 saturated heterocycles. The van der Waals surface area contributed by atoms with E-state index in [2.05, 4.69) is 39.7 Å². The van der Waals surface area contributed by atoms with Gasteiger partial charge in [0.15, 0.2) is 0 Å². The molecule has 1 unspecified atom stereocenters. The molecule has 1 aliphatic carbocycles. The van der Waals surface area contributed by atoms with Crippen LogP contribution in [0.4, 0.5) is 5.69 Å². The average Bonchev–Trinajstić information content (AvgIpc) is 3.32. The fourth-order valence-electron chi connectivity index (χ4n) is 4.48. The molecule has 0 saturated carbocycles. The first-order chi connectivity index (χ1) is 17.1. The Morgan fingerprint density at radius 2 is 1.80 bits per heavy atom. The lowest BCUT2D eigenvalue weighted by atomic mass is 9.93. The lowest BCUT2D eigenvalue weighted by molar-refractivity contribution is -0.120. The summed E-state index contributed by atoms with van der Waals surface area (Å²) in [5, 5.41) is 6.05. The van der Waals surface area contributed by atoms with Crippen molar-refractivity contribution in [3.8, 4) is 11.4 Å². The Bertz CT molecular complexity index is 1160. The van der Waals surface area contributed by atoms with Crippen LogP contribution in [0, 0.1) is 5.92 Å². The Balaban J connectivity index is 1.33. The molecular weight excluding hydrogens is 436 g/mol. The number of carbonyl (C=O) groups excluding carboxylic acids is 2. The topological polar surface area (TPSA) is 86.9 Å². The summed E-state index contributed by atoms with van der Waals surface area (Å²) in [6.45, 7) is 2.92. The van der Waals surface area contributed by atoms with Crippen molar-refractivity contribution in [2.75, 3.05) is 11.9 Å². The first-order valence-electron chi connectivity index (χ1n) is 13.0. The van der Waals surface area contributed by atoms with Crippen molar-refractivity contribution in [3.63, 3.8) is 0 Å². The van der Waals surface area contributed by atoms with Gasteiger partial charge < -0.3 is 15.6 Å². The van der Waals surface area contributed by atoms with Crippen molar-refractivity contribution in [2.45, 2.75) is 64.7 Å². The van der Waals surface area contributed by atoms with E-state index in [9.17, 15) is 9.59 Å². The van der Waals surface area contributed by atoms with E-state index < -0.39 is 0 Å². The summed E-state index contributed by atoms with van der Waals surface area (Å²) in [4.78, 5) is 33.0. The van der Waals surface area contributed by atoms with E-state index in [1.54, 1.807) is 0 Å². The first-order valence-corrected chi connectivity index (χ1v) is 13.0. The van der Waals surface area contributed by atoms with Crippen molar-refractivity contribution in [1.29, 1.82) is 0 Å². The van der Waals surface area contributed by atoms with Gasteiger partial charge in [0.1, 0.15) is 5.82 Å². The number of H-pyrrole nitrogens is 1. The van der Waals surface area contributed by atoms with Crippen molar-refractivity contribution < 1.29 is 9.59 Å². The monoisotopic (exact) mass is 472 g/mol. The number of anilines is 1. The highest BCUT2D eigenvalue weighted by Gasteiger charge is 2.18. The number of aromatic nitrogens is 2. The number of allylic oxidation sites excluding steroid dienone is 2. The van der Waals surface area contributed by atoms with E-state index >= 15 is 0 Å². The van der Waals surface area contributed by atoms with Gasteiger partial charge in [-0.15, -0.1) is 0 Å². The molecule has 1 heterocycles. The number of hydrogen-bond donors (Lipinski definition) is 3. The van der Waals surface area contributed by atoms with Crippen molar-refractivity contribution >= 4 is 28.5 Å². The molecular formula is C29H36N4O2. The Kier molecular flexibility index (Phi) is 8.71. The molecule has 6 heteroatoms. The van der Waals surface area contributed by atoms with E-state index in [-0.39, 0.29) is 17.7 Å². The minimum atomic E-state index is -0.0508. The zero-order valence-corrected chi connectivity index (χ0v) is 20.6. The summed E-state index contributed by atoms with van der Waals surface area (Å²) in [6.07, 6.45) is 14.1. The molecule has 1 atom stereocenters. The lowest BCUT2D eigenvalue weighted by Gasteiger charge is -2.17. The van der Waals surface area contributed by atoms with Crippen LogP contribution in [0.5, 0.6) is 0 Å². The number of fused-ring (bicyclic) bond motifs is 1. The molecule has 4 rings (SSSR count). The van der Waals surface area contributed by atoms with Crippen LogP contribution in [0.2, 0.25) is 0 Å². The van der Waals surface area contributed by atoms with Gasteiger partial charge in [-0.25, -0.2) is 4.98 Å². The molecule has 1 aromatic heterocycles. The van der Waals surface area contributed by atoms with Gasteiger partial charge in [-0.3, -0.25) is 9.59 Å². The molecule has 0 radical (unpaired) electrons. The number of amides is 2. The van der Waals surface area contributed by atoms with E-state index in [0.29, 0.717) is 12.1 Å². The van der Waals surface area contributed by atoms with Crippen LogP contribution in [0.3, 0.4) is 0 Å². The van der Waals surface area contributed by atoms with Crippen LogP contribution >= 0.6 is 0 Å². The van der Waals surface area contributed by atoms with Gasteiger partial charge in [-0.05, 0) is 68.1 Å². The lowest BCUT2D eigenvalue weighted by Crippen LogP contribution is -2.24. The minimum Gasteiger partial charge on any atom is -0.352 e. The number of nitrogens with one attached hydrogen (secondary N) is 3. The highest BCUT2D eigenvalue weighted by molar-refractivity contribution is 5.97. The maximum Gasteiger partial charge on any atom is 0.251 e. The summed E-state index contributed by atoms with van der Waals surface area (Å²) in [5.74, 6) is 0.811. The number of hydrogen-bond acceptors (Lipinski definition) is 3. The number of imidazole rings is 1. The van der Waals surface area contributed by atoms with E-state index in [1.807, 2.05) is 42.5 Å². The molecule has 2 aromatic carbocycles. The fraction of sp³-hybridized carbons (Fsp3) is 0.414. The summed E-state index contributed by atoms with van der Waals surface area (Å²) in [7, 11) is 0. The van der Waals surface area contributed by atoms with Crippen LogP contribution in [-0.4, -0.2) is 28.3 Å². The van der Waals surface area contributed by atoms with Crippen LogP contribution in [-0.2, 0) is 4.79 Å². The number of carbonyl (C=O) groups is 2. The predicted molar refractivity (Wildman–Crippen MR) is 142 cm³/mol. The number of unbranched alkanes of at least 4 members (excludes halogenated alkanes) is 5. The molecule has 1 aliphatic rings. The molecule has 3 N–H and O–H groups in total. The molecule has 184 valence electrons. The van der Waals surface area contributed by atoms with Crippen molar-refractivity contribution in [1.82, 2.24) is 15.3 Å². The molecule has 2 amide bonds. The van der Waals surface area contributed by atoms with E-state index in [4.69, 9.17) is 0 Å². The maximum atomic E-state index is 12.6. The van der Waals surface area contributed by atoms with Crippen LogP contribution < -0.4 is 10.6 Å². The smallest absolute Gasteiger partial charge is 0.251 e. The van der Waals surface area contributed by atoms with E-state index in [1.165, 1.54) is 25.7 Å². The van der Waals surface area contributed by atoms with Gasteiger partial charge >= 0.3 is 0 Å². The zero-order chi connectivity index (χ0) is 24.5. The molecule has 0 bridgehead atoms. The Labute approximate surface area is 207 Å². The summed E-state index contributed by atoms with van der Waals surface area (Å²) in [6, 6.07) is 13.3. The summed E-state index contributed by atoms with van der Waals surface area (Å²) in [5.41, 5.74) is 3.99. The van der Waals surface area contributed by atoms with Crippen molar-refractivity contribution in [2.24, 2.45) is 5.92 Å². The Hall–Kier alpha value is -3.41. The van der Waals surface area contributed by atoms with Gasteiger partial charge in [0.05, 0.1) is 11.0 Å². The standard InChI is InChI=1S/C29H36N4O2/c1-2-3-4-5-6-10-19-30-28(34)23-15-18-25-26(20-23)33-27(32-25)21-13-16-24(17-14-21)31-29(35)22-11-8-7-9-12-22/h7-8,13-18,20,22H,2-6,9-12,19H2,1H3,(H,30,34)(H,31,35)(H,32,33). The third kappa shape index (κ3) is 6.81. The SMILES string of the molecule is CCCCCCCCNC(=O)c1ccc2nc(-c3ccc(NC(=O)C4CC=CCC4)cc3)[nH]c2c1. The summed E-state index contributed by atoms with van der Waals surface area (Å²) < 4.78 is 0. The van der Waals surface area contributed by atoms with Gasteiger partial charge in [0.25, 0.3) is 5.91 Å². The largest absolute Gasteiger partial charge is 0.352 e. The Morgan fingerprint density at radius 1 is 1.00 bits per heavy atom. The zero-order valence-electron chi connectivity index (χ0n) is 20.6. The van der Waals surface area contributed by atoms with Gasteiger partial charge in [-0.2, -0.15) is 0 Å². The third-order valence-electron chi connectivity index (χ3n) is 6.63. The van der Waals surface area contributed by atoms with E-state index in [0.717, 1.165) is 60.2 Å². The normalized spacial score (nSPS) is 15.3. The predicted octanol–water partition coefficient (Wildman–Crippen LogP) is 6.62. The number of benzene rings is 2. The first kappa shape index (κ1) is 24.7. The molecule has 0 aliphatic heterocycles. The van der Waals surface area contributed by atoms with Gasteiger partial charge in [0.2, 0.25) is 5.91 Å². The van der Waals surface area contributed by atoms with Gasteiger partial charge in [0, 0.05) is 29.3 Å². The number of rotatable bonds is 11. The Morgan fingerprint density at radius 3 is 2.57 bits per heavy atom. The third-order valence-corrected chi connectivity index (χ3v) is 6.63.